The summed E-state index contributed by atoms with van der Waals surface area (Å²) in [5, 5.41) is 12.0. The van der Waals surface area contributed by atoms with E-state index in [0.717, 1.165) is 19.3 Å². The first kappa shape index (κ1) is 13.2. The molecule has 0 aliphatic heterocycles. The lowest BCUT2D eigenvalue weighted by atomic mass is 9.84. The van der Waals surface area contributed by atoms with Gasteiger partial charge in [-0.3, -0.25) is 4.79 Å². The fourth-order valence-corrected chi connectivity index (χ4v) is 3.30. The van der Waals surface area contributed by atoms with Crippen molar-refractivity contribution < 1.29 is 19.4 Å². The van der Waals surface area contributed by atoms with Crippen molar-refractivity contribution in [1.82, 2.24) is 5.32 Å². The van der Waals surface area contributed by atoms with Gasteiger partial charge in [0, 0.05) is 6.04 Å². The molecular formula is C13H21NO4. The maximum absolute atomic E-state index is 11.7. The minimum Gasteiger partial charge on any atom is -0.481 e. The lowest BCUT2D eigenvalue weighted by Gasteiger charge is -2.30. The van der Waals surface area contributed by atoms with Crippen LogP contribution in [-0.2, 0) is 9.53 Å². The summed E-state index contributed by atoms with van der Waals surface area (Å²) in [6, 6.07) is -0.268. The summed E-state index contributed by atoms with van der Waals surface area (Å²) in [5.41, 5.74) is -0.555. The quantitative estimate of drug-likeness (QED) is 0.791. The van der Waals surface area contributed by atoms with E-state index in [0.29, 0.717) is 5.92 Å². The van der Waals surface area contributed by atoms with Crippen LogP contribution in [0.15, 0.2) is 0 Å². The van der Waals surface area contributed by atoms with Crippen molar-refractivity contribution in [2.75, 3.05) is 0 Å². The summed E-state index contributed by atoms with van der Waals surface area (Å²) >= 11 is 0. The molecule has 0 heterocycles. The maximum Gasteiger partial charge on any atom is 0.407 e. The van der Waals surface area contributed by atoms with Gasteiger partial charge in [0.2, 0.25) is 0 Å². The van der Waals surface area contributed by atoms with Crippen LogP contribution in [0.5, 0.6) is 0 Å². The van der Waals surface area contributed by atoms with Crippen LogP contribution in [-0.4, -0.2) is 28.8 Å². The molecule has 5 heteroatoms. The highest BCUT2D eigenvalue weighted by molar-refractivity contribution is 5.75. The Morgan fingerprint density at radius 3 is 2.39 bits per heavy atom. The first-order valence-electron chi connectivity index (χ1n) is 6.50. The third kappa shape index (κ3) is 2.60. The zero-order valence-corrected chi connectivity index (χ0v) is 11.1. The molecule has 2 bridgehead atoms. The van der Waals surface area contributed by atoms with Gasteiger partial charge < -0.3 is 15.2 Å². The van der Waals surface area contributed by atoms with Crippen molar-refractivity contribution in [3.05, 3.63) is 0 Å². The Labute approximate surface area is 107 Å². The standard InChI is InChI=1S/C13H21NO4/c1-13(2,3)18-12(17)14-10-8-5-4-7(6-8)9(10)11(15)16/h7-10H,4-6H2,1-3H3,(H,14,17)(H,15,16)/t7-,8+,9-,10+/m0/s1. The van der Waals surface area contributed by atoms with Crippen LogP contribution in [0.3, 0.4) is 0 Å². The number of fused-ring (bicyclic) bond motifs is 2. The van der Waals surface area contributed by atoms with E-state index >= 15 is 0 Å². The first-order valence-corrected chi connectivity index (χ1v) is 6.50. The zero-order chi connectivity index (χ0) is 13.5. The lowest BCUT2D eigenvalue weighted by Crippen LogP contribution is -2.48. The highest BCUT2D eigenvalue weighted by Gasteiger charge is 2.51. The van der Waals surface area contributed by atoms with Gasteiger partial charge in [-0.2, -0.15) is 0 Å². The molecule has 2 rings (SSSR count). The summed E-state index contributed by atoms with van der Waals surface area (Å²) in [4.78, 5) is 23.0. The molecule has 18 heavy (non-hydrogen) atoms. The molecule has 102 valence electrons. The van der Waals surface area contributed by atoms with Crippen LogP contribution >= 0.6 is 0 Å². The number of ether oxygens (including phenoxy) is 1. The van der Waals surface area contributed by atoms with Crippen molar-refractivity contribution in [2.24, 2.45) is 17.8 Å². The van der Waals surface area contributed by atoms with Crippen molar-refractivity contribution in [3.8, 4) is 0 Å². The molecule has 2 aliphatic rings. The molecule has 4 atom stereocenters. The second-order valence-corrected chi connectivity index (χ2v) is 6.37. The topological polar surface area (TPSA) is 75.6 Å². The van der Waals surface area contributed by atoms with Gasteiger partial charge >= 0.3 is 12.1 Å². The Morgan fingerprint density at radius 2 is 1.83 bits per heavy atom. The van der Waals surface area contributed by atoms with Gasteiger partial charge in [-0.15, -0.1) is 0 Å². The van der Waals surface area contributed by atoms with Gasteiger partial charge in [-0.25, -0.2) is 4.79 Å². The van der Waals surface area contributed by atoms with Crippen LogP contribution in [0.25, 0.3) is 0 Å². The van der Waals surface area contributed by atoms with Crippen molar-refractivity contribution in [2.45, 2.75) is 51.7 Å². The molecule has 5 nitrogen and oxygen atoms in total. The molecule has 2 N–H and O–H groups in total. The Balaban J connectivity index is 2.00. The summed E-state index contributed by atoms with van der Waals surface area (Å²) in [6.07, 6.45) is 2.38. The largest absolute Gasteiger partial charge is 0.481 e. The van der Waals surface area contributed by atoms with Crippen molar-refractivity contribution in [3.63, 3.8) is 0 Å². The Morgan fingerprint density at radius 1 is 1.22 bits per heavy atom. The van der Waals surface area contributed by atoms with E-state index in [9.17, 15) is 14.7 Å². The van der Waals surface area contributed by atoms with Crippen LogP contribution in [0.4, 0.5) is 4.79 Å². The maximum atomic E-state index is 11.7. The van der Waals surface area contributed by atoms with Gasteiger partial charge in [0.25, 0.3) is 0 Å². The third-order valence-corrected chi connectivity index (χ3v) is 3.88. The number of carboxylic acid groups (broad SMARTS) is 1. The van der Waals surface area contributed by atoms with E-state index in [1.807, 2.05) is 0 Å². The van der Waals surface area contributed by atoms with Gasteiger partial charge in [0.05, 0.1) is 5.92 Å². The number of carbonyl (C=O) groups excluding carboxylic acids is 1. The van der Waals surface area contributed by atoms with Gasteiger partial charge in [-0.1, -0.05) is 0 Å². The average molecular weight is 255 g/mol. The van der Waals surface area contributed by atoms with Crippen LogP contribution < -0.4 is 5.32 Å². The summed E-state index contributed by atoms with van der Waals surface area (Å²) < 4.78 is 5.19. The molecule has 0 aromatic carbocycles. The number of carboxylic acids is 1. The summed E-state index contributed by atoms with van der Waals surface area (Å²) in [5.74, 6) is -0.740. The van der Waals surface area contributed by atoms with Gasteiger partial charge in [-0.05, 0) is 51.9 Å². The number of alkyl carbamates (subject to hydrolysis) is 1. The predicted octanol–water partition coefficient (Wildman–Crippen LogP) is 2.01. The molecule has 2 fully saturated rings. The number of nitrogens with one attached hydrogen (secondary N) is 1. The number of aliphatic carboxylic acids is 1. The molecular weight excluding hydrogens is 234 g/mol. The molecule has 2 saturated carbocycles. The van der Waals surface area contributed by atoms with E-state index in [2.05, 4.69) is 5.32 Å². The Hall–Kier alpha value is -1.26. The van der Waals surface area contributed by atoms with Crippen molar-refractivity contribution >= 4 is 12.1 Å². The second-order valence-electron chi connectivity index (χ2n) is 6.37. The SMILES string of the molecule is CC(C)(C)OC(=O)N[C@@H]1[C@@H]2CC[C@@H](C2)[C@@H]1C(=O)O. The highest BCUT2D eigenvalue weighted by atomic mass is 16.6. The molecule has 1 amide bonds. The molecule has 0 saturated heterocycles. The van der Waals surface area contributed by atoms with Crippen LogP contribution in [0.2, 0.25) is 0 Å². The molecule has 0 unspecified atom stereocenters. The summed E-state index contributed by atoms with van der Waals surface area (Å²) in [6.45, 7) is 5.38. The highest BCUT2D eigenvalue weighted by Crippen LogP contribution is 2.48. The molecule has 2 aliphatic carbocycles. The zero-order valence-electron chi connectivity index (χ0n) is 11.1. The number of rotatable bonds is 2. The normalized spacial score (nSPS) is 34.4. The third-order valence-electron chi connectivity index (χ3n) is 3.88. The van der Waals surface area contributed by atoms with E-state index < -0.39 is 23.6 Å². The smallest absolute Gasteiger partial charge is 0.407 e. The van der Waals surface area contributed by atoms with Crippen LogP contribution in [0.1, 0.15) is 40.0 Å². The average Bonchev–Trinajstić information content (AvgIpc) is 2.73. The van der Waals surface area contributed by atoms with E-state index in [4.69, 9.17) is 4.74 Å². The number of carbonyl (C=O) groups is 2. The second kappa shape index (κ2) is 4.44. The monoisotopic (exact) mass is 255 g/mol. The Kier molecular flexibility index (Phi) is 3.25. The number of amides is 1. The first-order chi connectivity index (χ1) is 8.28. The van der Waals surface area contributed by atoms with E-state index in [1.54, 1.807) is 20.8 Å². The fourth-order valence-electron chi connectivity index (χ4n) is 3.30. The molecule has 0 radical (unpaired) electrons. The predicted molar refractivity (Wildman–Crippen MR) is 65.1 cm³/mol. The lowest BCUT2D eigenvalue weighted by molar-refractivity contribution is -0.144. The van der Waals surface area contributed by atoms with Gasteiger partial charge in [0.15, 0.2) is 0 Å². The minimum absolute atomic E-state index is 0.215. The molecule has 0 aromatic rings. The fraction of sp³-hybridized carbons (Fsp3) is 0.846. The molecule has 0 aromatic heterocycles. The number of hydrogen-bond donors (Lipinski definition) is 2. The van der Waals surface area contributed by atoms with E-state index in [1.165, 1.54) is 0 Å². The van der Waals surface area contributed by atoms with Crippen LogP contribution in [0, 0.1) is 17.8 Å². The molecule has 0 spiro atoms. The Bertz CT molecular complexity index is 360. The van der Waals surface area contributed by atoms with Gasteiger partial charge in [0.1, 0.15) is 5.60 Å². The van der Waals surface area contributed by atoms with E-state index in [-0.39, 0.29) is 12.0 Å². The summed E-state index contributed by atoms with van der Waals surface area (Å²) in [7, 11) is 0. The van der Waals surface area contributed by atoms with Crippen molar-refractivity contribution in [1.29, 1.82) is 0 Å². The number of hydrogen-bond acceptors (Lipinski definition) is 3. The minimum atomic E-state index is -0.803.